The van der Waals surface area contributed by atoms with Crippen LogP contribution in [0.15, 0.2) is 11.6 Å². The molecule has 24 heavy (non-hydrogen) atoms. The summed E-state index contributed by atoms with van der Waals surface area (Å²) in [5, 5.41) is 0. The van der Waals surface area contributed by atoms with Crippen LogP contribution in [0.4, 0.5) is 5.82 Å². The molecule has 2 rings (SSSR count). The average molecular weight is 329 g/mol. The Hall–Kier alpha value is -2.01. The summed E-state index contributed by atoms with van der Waals surface area (Å²) in [4.78, 5) is 21.0. The number of pyridine rings is 1. The van der Waals surface area contributed by atoms with Gasteiger partial charge in [-0.25, -0.2) is 9.98 Å². The van der Waals surface area contributed by atoms with Crippen molar-refractivity contribution in [3.05, 3.63) is 29.0 Å². The number of carbonyl (C=O) groups excluding carboxylic acids is 1. The van der Waals surface area contributed by atoms with Crippen molar-refractivity contribution in [2.75, 3.05) is 13.2 Å². The van der Waals surface area contributed by atoms with Gasteiger partial charge in [0.05, 0.1) is 11.3 Å². The maximum absolute atomic E-state index is 11.8. The summed E-state index contributed by atoms with van der Waals surface area (Å²) in [5.41, 5.74) is 9.11. The molecule has 1 fully saturated rings. The molecule has 1 amide bonds. The summed E-state index contributed by atoms with van der Waals surface area (Å²) in [6.45, 7) is 11.4. The summed E-state index contributed by atoms with van der Waals surface area (Å²) in [6, 6.07) is 0. The predicted octanol–water partition coefficient (Wildman–Crippen LogP) is 3.60. The van der Waals surface area contributed by atoms with E-state index >= 15 is 0 Å². The first-order valence-electron chi connectivity index (χ1n) is 8.55. The van der Waals surface area contributed by atoms with Crippen LogP contribution in [0.1, 0.15) is 60.3 Å². The Morgan fingerprint density at radius 2 is 2.12 bits per heavy atom. The number of hydrogen-bond donors (Lipinski definition) is 1. The van der Waals surface area contributed by atoms with E-state index in [-0.39, 0.29) is 0 Å². The van der Waals surface area contributed by atoms with Crippen molar-refractivity contribution in [3.8, 4) is 0 Å². The highest BCUT2D eigenvalue weighted by molar-refractivity contribution is 5.99. The van der Waals surface area contributed by atoms with Gasteiger partial charge in [0.1, 0.15) is 0 Å². The second kappa shape index (κ2) is 8.20. The standard InChI is InChI=1S/C19H27N3O2/c1-5-15-13(4)16(18(20)23)17(12(2)3)22-19(15)21-9-6-14-7-10-24-11-8-14/h9,14H,2,5-8,10-11H2,1,3-4H3,(H2,20,23). The summed E-state index contributed by atoms with van der Waals surface area (Å²) >= 11 is 0. The number of primary amides is 1. The number of aliphatic imine (C=N–C) groups is 1. The summed E-state index contributed by atoms with van der Waals surface area (Å²) in [5.74, 6) is 0.828. The molecule has 0 aromatic carbocycles. The van der Waals surface area contributed by atoms with Gasteiger partial charge in [0.15, 0.2) is 5.82 Å². The number of aromatic nitrogens is 1. The zero-order valence-corrected chi connectivity index (χ0v) is 14.9. The van der Waals surface area contributed by atoms with E-state index in [0.29, 0.717) is 23.0 Å². The normalized spacial score (nSPS) is 15.8. The molecule has 130 valence electrons. The van der Waals surface area contributed by atoms with E-state index in [0.717, 1.165) is 55.6 Å². The van der Waals surface area contributed by atoms with Gasteiger partial charge in [-0.15, -0.1) is 0 Å². The number of hydrogen-bond acceptors (Lipinski definition) is 4. The Morgan fingerprint density at radius 1 is 1.46 bits per heavy atom. The third kappa shape index (κ3) is 4.09. The molecule has 1 aromatic rings. The highest BCUT2D eigenvalue weighted by Crippen LogP contribution is 2.29. The molecule has 0 atom stereocenters. The van der Waals surface area contributed by atoms with Crippen molar-refractivity contribution in [2.24, 2.45) is 16.6 Å². The zero-order chi connectivity index (χ0) is 17.7. The lowest BCUT2D eigenvalue weighted by molar-refractivity contribution is 0.0687. The Kier molecular flexibility index (Phi) is 6.26. The van der Waals surface area contributed by atoms with Gasteiger partial charge >= 0.3 is 0 Å². The Balaban J connectivity index is 2.34. The average Bonchev–Trinajstić information content (AvgIpc) is 2.55. The number of ether oxygens (including phenoxy) is 1. The van der Waals surface area contributed by atoms with E-state index < -0.39 is 5.91 Å². The molecule has 1 saturated heterocycles. The minimum absolute atomic E-state index is 0.461. The fourth-order valence-electron chi connectivity index (χ4n) is 3.14. The third-order valence-electron chi connectivity index (χ3n) is 4.55. The summed E-state index contributed by atoms with van der Waals surface area (Å²) < 4.78 is 5.38. The fourth-order valence-corrected chi connectivity index (χ4v) is 3.14. The SMILES string of the molecule is C=C(C)c1nc(N=CCC2CCOCC2)c(CC)c(C)c1C(N)=O. The maximum atomic E-state index is 11.8. The number of allylic oxidation sites excluding steroid dienone is 1. The van der Waals surface area contributed by atoms with Crippen molar-refractivity contribution in [2.45, 2.75) is 46.5 Å². The zero-order valence-electron chi connectivity index (χ0n) is 14.9. The lowest BCUT2D eigenvalue weighted by atomic mass is 9.96. The van der Waals surface area contributed by atoms with E-state index in [2.05, 4.69) is 16.6 Å². The van der Waals surface area contributed by atoms with Gasteiger partial charge in [-0.3, -0.25) is 4.79 Å². The van der Waals surface area contributed by atoms with Crippen LogP contribution >= 0.6 is 0 Å². The smallest absolute Gasteiger partial charge is 0.251 e. The second-order valence-electron chi connectivity index (χ2n) is 6.36. The Morgan fingerprint density at radius 3 is 2.67 bits per heavy atom. The number of rotatable bonds is 6. The van der Waals surface area contributed by atoms with Crippen LogP contribution < -0.4 is 5.73 Å². The molecule has 0 unspecified atom stereocenters. The van der Waals surface area contributed by atoms with Crippen LogP contribution in [-0.4, -0.2) is 30.3 Å². The first-order valence-corrected chi connectivity index (χ1v) is 8.55. The molecular formula is C19H27N3O2. The molecule has 0 spiro atoms. The fraction of sp³-hybridized carbons (Fsp3) is 0.526. The number of amides is 1. The lowest BCUT2D eigenvalue weighted by Gasteiger charge is -2.20. The van der Waals surface area contributed by atoms with Crippen LogP contribution in [0.5, 0.6) is 0 Å². The molecule has 1 aliphatic rings. The molecule has 5 heteroatoms. The minimum Gasteiger partial charge on any atom is -0.381 e. The van der Waals surface area contributed by atoms with Gasteiger partial charge in [-0.1, -0.05) is 13.5 Å². The molecular weight excluding hydrogens is 302 g/mol. The van der Waals surface area contributed by atoms with E-state index in [4.69, 9.17) is 10.5 Å². The quantitative estimate of drug-likeness (QED) is 0.810. The van der Waals surface area contributed by atoms with Gasteiger partial charge in [0.25, 0.3) is 5.91 Å². The molecule has 5 nitrogen and oxygen atoms in total. The van der Waals surface area contributed by atoms with Crippen molar-refractivity contribution >= 4 is 23.5 Å². The summed E-state index contributed by atoms with van der Waals surface area (Å²) in [6.07, 6.45) is 5.78. The van der Waals surface area contributed by atoms with Crippen LogP contribution in [0.25, 0.3) is 5.57 Å². The van der Waals surface area contributed by atoms with Gasteiger partial charge < -0.3 is 10.5 Å². The van der Waals surface area contributed by atoms with Gasteiger partial charge in [-0.2, -0.15) is 0 Å². The third-order valence-corrected chi connectivity index (χ3v) is 4.55. The van der Waals surface area contributed by atoms with Crippen LogP contribution in [0.3, 0.4) is 0 Å². The van der Waals surface area contributed by atoms with Gasteiger partial charge in [0, 0.05) is 25.0 Å². The highest BCUT2D eigenvalue weighted by Gasteiger charge is 2.20. The molecule has 1 aliphatic heterocycles. The lowest BCUT2D eigenvalue weighted by Crippen LogP contribution is -2.18. The van der Waals surface area contributed by atoms with Gasteiger partial charge in [-0.05, 0) is 56.6 Å². The van der Waals surface area contributed by atoms with E-state index in [9.17, 15) is 4.79 Å². The van der Waals surface area contributed by atoms with Crippen LogP contribution in [-0.2, 0) is 11.2 Å². The molecule has 0 radical (unpaired) electrons. The van der Waals surface area contributed by atoms with E-state index in [1.54, 1.807) is 0 Å². The van der Waals surface area contributed by atoms with E-state index in [1.165, 1.54) is 0 Å². The molecule has 0 aliphatic carbocycles. The predicted molar refractivity (Wildman–Crippen MR) is 97.9 cm³/mol. The Bertz CT molecular complexity index is 659. The van der Waals surface area contributed by atoms with Gasteiger partial charge in [0.2, 0.25) is 0 Å². The second-order valence-corrected chi connectivity index (χ2v) is 6.36. The summed E-state index contributed by atoms with van der Waals surface area (Å²) in [7, 11) is 0. The number of carbonyl (C=O) groups is 1. The monoisotopic (exact) mass is 329 g/mol. The topological polar surface area (TPSA) is 77.6 Å². The van der Waals surface area contributed by atoms with E-state index in [1.807, 2.05) is 27.0 Å². The van der Waals surface area contributed by atoms with Crippen molar-refractivity contribution < 1.29 is 9.53 Å². The molecule has 2 heterocycles. The maximum Gasteiger partial charge on any atom is 0.251 e. The van der Waals surface area contributed by atoms with Crippen molar-refractivity contribution in [1.29, 1.82) is 0 Å². The van der Waals surface area contributed by atoms with Crippen LogP contribution in [0.2, 0.25) is 0 Å². The number of nitrogens with zero attached hydrogens (tertiary/aromatic N) is 2. The molecule has 0 saturated carbocycles. The molecule has 0 bridgehead atoms. The Labute approximate surface area is 144 Å². The first-order chi connectivity index (χ1) is 11.5. The minimum atomic E-state index is -0.467. The van der Waals surface area contributed by atoms with Crippen molar-refractivity contribution in [3.63, 3.8) is 0 Å². The number of nitrogens with two attached hydrogens (primary N) is 1. The molecule has 2 N–H and O–H groups in total. The largest absolute Gasteiger partial charge is 0.381 e. The van der Waals surface area contributed by atoms with Crippen molar-refractivity contribution in [1.82, 2.24) is 4.98 Å². The van der Waals surface area contributed by atoms with Crippen LogP contribution in [0, 0.1) is 12.8 Å². The first kappa shape index (κ1) is 18.3. The highest BCUT2D eigenvalue weighted by atomic mass is 16.5. The molecule has 1 aromatic heterocycles.